The monoisotopic (exact) mass is 242 g/mol. The Kier molecular flexibility index (Phi) is 3.53. The topological polar surface area (TPSA) is 79.4 Å². The summed E-state index contributed by atoms with van der Waals surface area (Å²) >= 11 is 0. The molecular formula is C12H14N6. The van der Waals surface area contributed by atoms with E-state index >= 15 is 0 Å². The van der Waals surface area contributed by atoms with E-state index in [1.807, 2.05) is 37.0 Å². The van der Waals surface area contributed by atoms with Gasteiger partial charge in [-0.25, -0.2) is 9.97 Å². The molecule has 6 heteroatoms. The minimum atomic E-state index is 0.375. The van der Waals surface area contributed by atoms with E-state index in [1.165, 1.54) is 0 Å². The third-order valence-corrected chi connectivity index (χ3v) is 2.36. The first-order chi connectivity index (χ1) is 8.67. The number of hydrogen-bond acceptors (Lipinski definition) is 5. The molecule has 0 saturated carbocycles. The Hall–Kier alpha value is -2.42. The van der Waals surface area contributed by atoms with Gasteiger partial charge in [0.2, 0.25) is 5.95 Å². The highest BCUT2D eigenvalue weighted by Crippen LogP contribution is 2.03. The average molecular weight is 242 g/mol. The molecule has 0 saturated heterocycles. The van der Waals surface area contributed by atoms with E-state index in [4.69, 9.17) is 5.26 Å². The molecule has 0 aromatic carbocycles. The van der Waals surface area contributed by atoms with Gasteiger partial charge in [0.25, 0.3) is 0 Å². The molecule has 18 heavy (non-hydrogen) atoms. The van der Waals surface area contributed by atoms with E-state index in [1.54, 1.807) is 6.07 Å². The second-order valence-electron chi connectivity index (χ2n) is 4.04. The van der Waals surface area contributed by atoms with Gasteiger partial charge >= 0.3 is 0 Å². The van der Waals surface area contributed by atoms with E-state index in [9.17, 15) is 0 Å². The second kappa shape index (κ2) is 5.27. The molecule has 1 N–H and O–H groups in total. The van der Waals surface area contributed by atoms with Crippen LogP contribution in [-0.4, -0.2) is 26.3 Å². The van der Waals surface area contributed by atoms with Gasteiger partial charge in [-0.05, 0) is 25.5 Å². The number of aromatic nitrogens is 4. The zero-order chi connectivity index (χ0) is 13.0. The van der Waals surface area contributed by atoms with Crippen LogP contribution in [0.1, 0.15) is 17.0 Å². The molecule has 0 atom stereocenters. The third-order valence-electron chi connectivity index (χ3n) is 2.36. The molecule has 0 spiro atoms. The summed E-state index contributed by atoms with van der Waals surface area (Å²) in [6.07, 6.45) is 3.79. The van der Waals surface area contributed by atoms with Crippen molar-refractivity contribution in [1.29, 1.82) is 5.26 Å². The SMILES string of the molecule is Cc1cnn(CCNc2nc(C)cc(C#N)n2)c1. The predicted octanol–water partition coefficient (Wildman–Crippen LogP) is 1.27. The standard InChI is InChI=1S/C12H14N6/c1-9-7-15-18(8-9)4-3-14-12-16-10(2)5-11(6-13)17-12/h5,7-8H,3-4H2,1-2H3,(H,14,16,17). The Balaban J connectivity index is 1.94. The summed E-state index contributed by atoms with van der Waals surface area (Å²) in [5.74, 6) is 0.482. The minimum Gasteiger partial charge on any atom is -0.352 e. The molecule has 2 heterocycles. The van der Waals surface area contributed by atoms with Gasteiger partial charge in [-0.3, -0.25) is 4.68 Å². The molecule has 2 aromatic rings. The van der Waals surface area contributed by atoms with E-state index in [0.29, 0.717) is 18.2 Å². The number of nitrogens with zero attached hydrogens (tertiary/aromatic N) is 5. The van der Waals surface area contributed by atoms with Crippen LogP contribution in [0.5, 0.6) is 0 Å². The normalized spacial score (nSPS) is 10.1. The van der Waals surface area contributed by atoms with Crippen LogP contribution < -0.4 is 5.32 Å². The molecule has 2 rings (SSSR count). The van der Waals surface area contributed by atoms with Gasteiger partial charge in [0.1, 0.15) is 11.8 Å². The fraction of sp³-hybridized carbons (Fsp3) is 0.333. The van der Waals surface area contributed by atoms with Crippen LogP contribution in [0.15, 0.2) is 18.5 Å². The zero-order valence-corrected chi connectivity index (χ0v) is 10.4. The summed E-state index contributed by atoms with van der Waals surface area (Å²) in [4.78, 5) is 8.29. The third kappa shape index (κ3) is 3.04. The number of anilines is 1. The molecule has 0 aliphatic carbocycles. The van der Waals surface area contributed by atoms with E-state index < -0.39 is 0 Å². The first-order valence-corrected chi connectivity index (χ1v) is 5.66. The predicted molar refractivity (Wildman–Crippen MR) is 66.9 cm³/mol. The van der Waals surface area contributed by atoms with Crippen molar-refractivity contribution in [2.45, 2.75) is 20.4 Å². The van der Waals surface area contributed by atoms with Gasteiger partial charge in [0.05, 0.1) is 12.7 Å². The van der Waals surface area contributed by atoms with Crippen LogP contribution in [0, 0.1) is 25.2 Å². The van der Waals surface area contributed by atoms with Crippen molar-refractivity contribution in [2.75, 3.05) is 11.9 Å². The van der Waals surface area contributed by atoms with Crippen molar-refractivity contribution in [3.8, 4) is 6.07 Å². The molecule has 6 nitrogen and oxygen atoms in total. The fourth-order valence-electron chi connectivity index (χ4n) is 1.58. The molecule has 0 fully saturated rings. The minimum absolute atomic E-state index is 0.375. The highest BCUT2D eigenvalue weighted by molar-refractivity contribution is 5.32. The molecule has 0 aliphatic rings. The highest BCUT2D eigenvalue weighted by atomic mass is 15.3. The summed E-state index contributed by atoms with van der Waals surface area (Å²) in [6.45, 7) is 5.23. The fourth-order valence-corrected chi connectivity index (χ4v) is 1.58. The highest BCUT2D eigenvalue weighted by Gasteiger charge is 2.01. The van der Waals surface area contributed by atoms with Gasteiger partial charge < -0.3 is 5.32 Å². The summed E-state index contributed by atoms with van der Waals surface area (Å²) in [5.41, 5.74) is 2.28. The van der Waals surface area contributed by atoms with Gasteiger partial charge in [-0.15, -0.1) is 0 Å². The average Bonchev–Trinajstić information content (AvgIpc) is 2.74. The Morgan fingerprint density at radius 3 is 2.89 bits per heavy atom. The van der Waals surface area contributed by atoms with Crippen molar-refractivity contribution >= 4 is 5.95 Å². The van der Waals surface area contributed by atoms with Crippen molar-refractivity contribution in [1.82, 2.24) is 19.7 Å². The van der Waals surface area contributed by atoms with Gasteiger partial charge in [-0.1, -0.05) is 0 Å². The van der Waals surface area contributed by atoms with Crippen LogP contribution in [0.4, 0.5) is 5.95 Å². The summed E-state index contributed by atoms with van der Waals surface area (Å²) in [6, 6.07) is 3.67. The smallest absolute Gasteiger partial charge is 0.224 e. The van der Waals surface area contributed by atoms with Crippen molar-refractivity contribution in [3.63, 3.8) is 0 Å². The van der Waals surface area contributed by atoms with Crippen molar-refractivity contribution in [2.24, 2.45) is 0 Å². The van der Waals surface area contributed by atoms with Gasteiger partial charge in [0.15, 0.2) is 0 Å². The van der Waals surface area contributed by atoms with Crippen molar-refractivity contribution in [3.05, 3.63) is 35.4 Å². The number of hydrogen-bond donors (Lipinski definition) is 1. The zero-order valence-electron chi connectivity index (χ0n) is 10.4. The van der Waals surface area contributed by atoms with Crippen LogP contribution in [0.3, 0.4) is 0 Å². The molecule has 0 bridgehead atoms. The van der Waals surface area contributed by atoms with Crippen LogP contribution in [0.2, 0.25) is 0 Å². The lowest BCUT2D eigenvalue weighted by Crippen LogP contribution is -2.13. The van der Waals surface area contributed by atoms with Crippen LogP contribution in [0.25, 0.3) is 0 Å². The molecule has 0 aliphatic heterocycles. The Labute approximate surface area is 105 Å². The molecule has 0 amide bonds. The summed E-state index contributed by atoms with van der Waals surface area (Å²) in [7, 11) is 0. The lowest BCUT2D eigenvalue weighted by atomic mass is 10.3. The number of rotatable bonds is 4. The number of aryl methyl sites for hydroxylation is 2. The van der Waals surface area contributed by atoms with Gasteiger partial charge in [-0.2, -0.15) is 10.4 Å². The van der Waals surface area contributed by atoms with E-state index in [0.717, 1.165) is 17.8 Å². The number of nitrogens with one attached hydrogen (secondary N) is 1. The van der Waals surface area contributed by atoms with Gasteiger partial charge in [0, 0.05) is 18.4 Å². The van der Waals surface area contributed by atoms with E-state index in [2.05, 4.69) is 20.4 Å². The summed E-state index contributed by atoms with van der Waals surface area (Å²) < 4.78 is 1.85. The lowest BCUT2D eigenvalue weighted by Gasteiger charge is -2.05. The quantitative estimate of drug-likeness (QED) is 0.873. The second-order valence-corrected chi connectivity index (χ2v) is 4.04. The Morgan fingerprint density at radius 2 is 2.22 bits per heavy atom. The molecular weight excluding hydrogens is 228 g/mol. The Morgan fingerprint density at radius 1 is 1.39 bits per heavy atom. The maximum atomic E-state index is 8.81. The first kappa shape index (κ1) is 12.0. The maximum Gasteiger partial charge on any atom is 0.224 e. The van der Waals surface area contributed by atoms with E-state index in [-0.39, 0.29) is 0 Å². The number of nitriles is 1. The first-order valence-electron chi connectivity index (χ1n) is 5.66. The van der Waals surface area contributed by atoms with Crippen molar-refractivity contribution < 1.29 is 0 Å². The van der Waals surface area contributed by atoms with Crippen LogP contribution in [-0.2, 0) is 6.54 Å². The molecule has 0 radical (unpaired) electrons. The largest absolute Gasteiger partial charge is 0.352 e. The summed E-state index contributed by atoms with van der Waals surface area (Å²) in [5, 5.41) is 16.1. The Bertz CT molecular complexity index is 580. The lowest BCUT2D eigenvalue weighted by molar-refractivity contribution is 0.635. The molecule has 2 aromatic heterocycles. The van der Waals surface area contributed by atoms with Crippen LogP contribution >= 0.6 is 0 Å². The molecule has 0 unspecified atom stereocenters. The molecule has 92 valence electrons. The maximum absolute atomic E-state index is 8.81.